The van der Waals surface area contributed by atoms with Crippen molar-refractivity contribution >= 4 is 39.4 Å². The number of hydrogen-bond acceptors (Lipinski definition) is 5. The highest BCUT2D eigenvalue weighted by Gasteiger charge is 2.24. The van der Waals surface area contributed by atoms with E-state index in [2.05, 4.69) is 4.98 Å². The van der Waals surface area contributed by atoms with E-state index in [0.29, 0.717) is 12.8 Å². The van der Waals surface area contributed by atoms with Gasteiger partial charge in [0, 0.05) is 12.5 Å². The van der Waals surface area contributed by atoms with Crippen molar-refractivity contribution in [2.75, 3.05) is 0 Å². The topological polar surface area (TPSA) is 56.3 Å². The van der Waals surface area contributed by atoms with Gasteiger partial charge in [-0.15, -0.1) is 11.3 Å². The van der Waals surface area contributed by atoms with Crippen LogP contribution in [0, 0.1) is 0 Å². The lowest BCUT2D eigenvalue weighted by Crippen LogP contribution is -2.29. The van der Waals surface area contributed by atoms with Crippen LogP contribution in [0.5, 0.6) is 0 Å². The molecule has 0 aliphatic heterocycles. The first-order valence-corrected chi connectivity index (χ1v) is 7.81. The van der Waals surface area contributed by atoms with Crippen LogP contribution in [0.25, 0.3) is 16.3 Å². The van der Waals surface area contributed by atoms with Gasteiger partial charge in [0.1, 0.15) is 5.01 Å². The van der Waals surface area contributed by atoms with Crippen LogP contribution in [0.3, 0.4) is 0 Å². The fourth-order valence-corrected chi connectivity index (χ4v) is 3.23. The summed E-state index contributed by atoms with van der Waals surface area (Å²) in [6, 6.07) is 7.81. The summed E-state index contributed by atoms with van der Waals surface area (Å²) in [6.45, 7) is 0. The van der Waals surface area contributed by atoms with Gasteiger partial charge in [-0.1, -0.05) is 12.1 Å². The Labute approximate surface area is 126 Å². The van der Waals surface area contributed by atoms with Crippen LogP contribution in [0.1, 0.15) is 30.7 Å². The average Bonchev–Trinajstić information content (AvgIpc) is 2.90. The lowest BCUT2D eigenvalue weighted by Gasteiger charge is -2.19. The normalized spacial score (nSPS) is 19.2. The van der Waals surface area contributed by atoms with Gasteiger partial charge in [-0.05, 0) is 37.5 Å². The Bertz CT molecular complexity index is 671. The predicted molar refractivity (Wildman–Crippen MR) is 82.0 cm³/mol. The van der Waals surface area contributed by atoms with Crippen LogP contribution >= 0.6 is 11.3 Å². The van der Waals surface area contributed by atoms with Crippen molar-refractivity contribution in [1.29, 1.82) is 0 Å². The first-order chi connectivity index (χ1) is 10.2. The number of para-hydroxylation sites is 1. The maximum atomic E-state index is 11.8. The molecule has 0 radical (unpaired) electrons. The van der Waals surface area contributed by atoms with E-state index in [-0.39, 0.29) is 5.78 Å². The lowest BCUT2D eigenvalue weighted by atomic mass is 9.96. The minimum atomic E-state index is -0.564. The fraction of sp³-hybridized carbons (Fsp3) is 0.312. The molecular weight excluding hydrogens is 286 g/mol. The summed E-state index contributed by atoms with van der Waals surface area (Å²) in [4.78, 5) is 27.8. The second kappa shape index (κ2) is 6.18. The average molecular weight is 301 g/mol. The summed E-state index contributed by atoms with van der Waals surface area (Å²) in [7, 11) is 0. The van der Waals surface area contributed by atoms with Crippen LogP contribution in [-0.2, 0) is 14.3 Å². The van der Waals surface area contributed by atoms with Crippen LogP contribution in [0.2, 0.25) is 0 Å². The lowest BCUT2D eigenvalue weighted by molar-refractivity contribution is -0.152. The number of nitrogens with zero attached hydrogens (tertiary/aromatic N) is 1. The van der Waals surface area contributed by atoms with Crippen molar-refractivity contribution in [3.63, 3.8) is 0 Å². The number of ketones is 1. The number of aromatic nitrogens is 1. The Morgan fingerprint density at radius 1 is 1.33 bits per heavy atom. The SMILES string of the molecule is O=C(/C=C/c1nc2ccccc2s1)O[C@@H]1CCCCC1=O. The summed E-state index contributed by atoms with van der Waals surface area (Å²) in [5, 5.41) is 0.753. The van der Waals surface area contributed by atoms with Crippen molar-refractivity contribution in [3.8, 4) is 0 Å². The predicted octanol–water partition coefficient (Wildman–Crippen LogP) is 3.36. The molecule has 0 spiro atoms. The molecule has 2 aromatic rings. The molecule has 21 heavy (non-hydrogen) atoms. The number of fused-ring (bicyclic) bond motifs is 1. The van der Waals surface area contributed by atoms with Gasteiger partial charge in [0.25, 0.3) is 0 Å². The van der Waals surface area contributed by atoms with Crippen LogP contribution in [-0.4, -0.2) is 22.8 Å². The summed E-state index contributed by atoms with van der Waals surface area (Å²) in [5.74, 6) is -0.447. The highest BCUT2D eigenvalue weighted by molar-refractivity contribution is 7.19. The van der Waals surface area contributed by atoms with Gasteiger partial charge < -0.3 is 4.74 Å². The molecule has 5 heteroatoms. The van der Waals surface area contributed by atoms with E-state index < -0.39 is 12.1 Å². The van der Waals surface area contributed by atoms with Crippen molar-refractivity contribution in [2.45, 2.75) is 31.8 Å². The highest BCUT2D eigenvalue weighted by atomic mass is 32.1. The summed E-state index contributed by atoms with van der Waals surface area (Å²) >= 11 is 1.51. The molecule has 108 valence electrons. The van der Waals surface area contributed by atoms with Gasteiger partial charge in [-0.25, -0.2) is 9.78 Å². The van der Waals surface area contributed by atoms with Crippen LogP contribution in [0.15, 0.2) is 30.3 Å². The Kier molecular flexibility index (Phi) is 4.10. The third kappa shape index (κ3) is 3.36. The maximum absolute atomic E-state index is 11.8. The highest BCUT2D eigenvalue weighted by Crippen LogP contribution is 2.22. The van der Waals surface area contributed by atoms with E-state index in [1.54, 1.807) is 6.08 Å². The van der Waals surface area contributed by atoms with Crippen molar-refractivity contribution in [3.05, 3.63) is 35.3 Å². The number of benzene rings is 1. The zero-order chi connectivity index (χ0) is 14.7. The second-order valence-electron chi connectivity index (χ2n) is 4.99. The summed E-state index contributed by atoms with van der Waals surface area (Å²) < 4.78 is 6.28. The second-order valence-corrected chi connectivity index (χ2v) is 6.05. The van der Waals surface area contributed by atoms with Crippen molar-refractivity contribution in [1.82, 2.24) is 4.98 Å². The molecule has 1 aromatic heterocycles. The molecule has 0 saturated heterocycles. The smallest absolute Gasteiger partial charge is 0.331 e. The van der Waals surface area contributed by atoms with Crippen LogP contribution < -0.4 is 0 Å². The number of esters is 1. The molecular formula is C16H15NO3S. The number of rotatable bonds is 3. The minimum absolute atomic E-state index is 0.0305. The molecule has 1 atom stereocenters. The molecule has 0 N–H and O–H groups in total. The molecule has 1 aliphatic carbocycles. The monoisotopic (exact) mass is 301 g/mol. The van der Waals surface area contributed by atoms with E-state index >= 15 is 0 Å². The van der Waals surface area contributed by atoms with E-state index in [9.17, 15) is 9.59 Å². The Morgan fingerprint density at radius 2 is 2.19 bits per heavy atom. The number of Topliss-reactive ketones (excluding diaryl/α,β-unsaturated/α-hetero) is 1. The van der Waals surface area contributed by atoms with E-state index in [4.69, 9.17) is 4.74 Å². The Balaban J connectivity index is 1.64. The van der Waals surface area contributed by atoms with Gasteiger partial charge in [-0.3, -0.25) is 4.79 Å². The molecule has 3 rings (SSSR count). The standard InChI is InChI=1S/C16H15NO3S/c18-12-6-2-3-7-13(12)20-16(19)10-9-15-17-11-5-1-4-8-14(11)21-15/h1,4-5,8-10,13H,2-3,6-7H2/b10-9+/t13-/m1/s1. The number of thiazole rings is 1. The number of carbonyl (C=O) groups is 2. The summed E-state index contributed by atoms with van der Waals surface area (Å²) in [5.41, 5.74) is 0.915. The van der Waals surface area contributed by atoms with Crippen molar-refractivity contribution < 1.29 is 14.3 Å². The molecule has 1 saturated carbocycles. The van der Waals surface area contributed by atoms with Gasteiger partial charge in [0.2, 0.25) is 0 Å². The van der Waals surface area contributed by atoms with Gasteiger partial charge in [0.05, 0.1) is 10.2 Å². The van der Waals surface area contributed by atoms with Crippen LogP contribution in [0.4, 0.5) is 0 Å². The quantitative estimate of drug-likeness (QED) is 0.644. The van der Waals surface area contributed by atoms with Gasteiger partial charge in [0.15, 0.2) is 11.9 Å². The molecule has 0 unspecified atom stereocenters. The zero-order valence-electron chi connectivity index (χ0n) is 11.5. The van der Waals surface area contributed by atoms with Gasteiger partial charge >= 0.3 is 5.97 Å². The Hall–Kier alpha value is -2.01. The third-order valence-electron chi connectivity index (χ3n) is 3.43. The Morgan fingerprint density at radius 3 is 3.00 bits per heavy atom. The molecule has 1 aliphatic rings. The zero-order valence-corrected chi connectivity index (χ0v) is 12.3. The first-order valence-electron chi connectivity index (χ1n) is 6.99. The van der Waals surface area contributed by atoms with Gasteiger partial charge in [-0.2, -0.15) is 0 Å². The molecule has 0 bridgehead atoms. The molecule has 0 amide bonds. The first kappa shape index (κ1) is 13.9. The third-order valence-corrected chi connectivity index (χ3v) is 4.43. The number of hydrogen-bond donors (Lipinski definition) is 0. The largest absolute Gasteiger partial charge is 0.451 e. The number of carbonyl (C=O) groups excluding carboxylic acids is 2. The van der Waals surface area contributed by atoms with E-state index in [0.717, 1.165) is 28.1 Å². The molecule has 4 nitrogen and oxygen atoms in total. The number of ether oxygens (including phenoxy) is 1. The maximum Gasteiger partial charge on any atom is 0.331 e. The molecule has 1 heterocycles. The molecule has 1 fully saturated rings. The van der Waals surface area contributed by atoms with E-state index in [1.807, 2.05) is 24.3 Å². The summed E-state index contributed by atoms with van der Waals surface area (Å²) in [6.07, 6.45) is 5.41. The van der Waals surface area contributed by atoms with E-state index in [1.165, 1.54) is 17.4 Å². The van der Waals surface area contributed by atoms with Crippen molar-refractivity contribution in [2.24, 2.45) is 0 Å². The minimum Gasteiger partial charge on any atom is -0.451 e. The molecule has 1 aromatic carbocycles. The fourth-order valence-electron chi connectivity index (χ4n) is 2.36.